The minimum atomic E-state index is -0.550. The van der Waals surface area contributed by atoms with Crippen molar-refractivity contribution in [2.24, 2.45) is 11.8 Å². The molecule has 0 aromatic heterocycles. The van der Waals surface area contributed by atoms with Crippen LogP contribution in [0.1, 0.15) is 57.8 Å². The number of hydrogen-bond donors (Lipinski definition) is 0. The first-order chi connectivity index (χ1) is 14.7. The molecule has 30 heavy (non-hydrogen) atoms. The molecule has 0 N–H and O–H groups in total. The summed E-state index contributed by atoms with van der Waals surface area (Å²) in [5, 5.41) is 0. The molecule has 1 saturated carbocycles. The normalized spacial score (nSPS) is 40.0. The van der Waals surface area contributed by atoms with Crippen LogP contribution in [0.25, 0.3) is 0 Å². The van der Waals surface area contributed by atoms with Crippen LogP contribution in [-0.4, -0.2) is 83.0 Å². The van der Waals surface area contributed by atoms with E-state index in [0.29, 0.717) is 18.6 Å². The maximum absolute atomic E-state index is 13.6. The van der Waals surface area contributed by atoms with E-state index in [2.05, 4.69) is 22.0 Å². The van der Waals surface area contributed by atoms with Gasteiger partial charge in [-0.3, -0.25) is 14.5 Å². The third-order valence-electron chi connectivity index (χ3n) is 8.76. The van der Waals surface area contributed by atoms with Gasteiger partial charge >= 0.3 is 0 Å². The highest BCUT2D eigenvalue weighted by Crippen LogP contribution is 2.53. The second kappa shape index (κ2) is 7.33. The number of ether oxygens (including phenoxy) is 1. The van der Waals surface area contributed by atoms with Gasteiger partial charge in [0, 0.05) is 25.2 Å². The smallest absolute Gasteiger partial charge is 0.230 e. The van der Waals surface area contributed by atoms with Gasteiger partial charge in [0.15, 0.2) is 0 Å². The maximum Gasteiger partial charge on any atom is 0.230 e. The van der Waals surface area contributed by atoms with E-state index >= 15 is 0 Å². The molecule has 1 spiro atoms. The zero-order valence-corrected chi connectivity index (χ0v) is 18.0. The quantitative estimate of drug-likeness (QED) is 0.526. The van der Waals surface area contributed by atoms with E-state index < -0.39 is 5.60 Å². The molecule has 6 nitrogen and oxygen atoms in total. The van der Waals surface area contributed by atoms with Crippen molar-refractivity contribution >= 4 is 11.8 Å². The lowest BCUT2D eigenvalue weighted by Gasteiger charge is -2.48. The number of piperidine rings is 1. The van der Waals surface area contributed by atoms with Gasteiger partial charge in [0.2, 0.25) is 11.8 Å². The summed E-state index contributed by atoms with van der Waals surface area (Å²) in [4.78, 5) is 33.7. The van der Waals surface area contributed by atoms with Crippen molar-refractivity contribution in [3.8, 4) is 0 Å². The van der Waals surface area contributed by atoms with Crippen LogP contribution in [0, 0.1) is 11.8 Å². The molecular weight excluding hydrogens is 378 g/mol. The number of rotatable bonds is 3. The number of fused-ring (bicyclic) bond motifs is 1. The van der Waals surface area contributed by atoms with E-state index in [4.69, 9.17) is 4.74 Å². The van der Waals surface area contributed by atoms with Crippen molar-refractivity contribution in [3.05, 3.63) is 12.2 Å². The molecule has 2 bridgehead atoms. The summed E-state index contributed by atoms with van der Waals surface area (Å²) < 4.78 is 6.37. The largest absolute Gasteiger partial charge is 0.360 e. The van der Waals surface area contributed by atoms with Crippen LogP contribution >= 0.6 is 0 Å². The second-order valence-electron chi connectivity index (χ2n) is 10.5. The standard InChI is InChI=1S/C24H35N3O3/c28-22(26-14-18(15-26)25-12-6-3-7-13-25)20-19-10-11-24(30-19)16-27(23(29)21(20)24)17-8-4-1-2-5-9-17/h10-11,17-21H,1-9,12-16H2/t19-,20?,21?,24-/m0/s1. The molecule has 5 fully saturated rings. The van der Waals surface area contributed by atoms with Gasteiger partial charge < -0.3 is 14.5 Å². The zero-order valence-electron chi connectivity index (χ0n) is 18.0. The third kappa shape index (κ3) is 2.89. The van der Waals surface area contributed by atoms with Gasteiger partial charge in [-0.25, -0.2) is 0 Å². The fourth-order valence-electron chi connectivity index (χ4n) is 7.05. The Morgan fingerprint density at radius 3 is 2.40 bits per heavy atom. The molecular formula is C24H35N3O3. The summed E-state index contributed by atoms with van der Waals surface area (Å²) in [7, 11) is 0. The van der Waals surface area contributed by atoms with Crippen LogP contribution in [-0.2, 0) is 14.3 Å². The van der Waals surface area contributed by atoms with Crippen LogP contribution in [0.2, 0.25) is 0 Å². The summed E-state index contributed by atoms with van der Waals surface area (Å²) in [6, 6.07) is 0.847. The summed E-state index contributed by atoms with van der Waals surface area (Å²) in [5.41, 5.74) is -0.550. The Hall–Kier alpha value is -1.40. The predicted molar refractivity (Wildman–Crippen MR) is 113 cm³/mol. The average molecular weight is 414 g/mol. The highest BCUT2D eigenvalue weighted by Gasteiger charge is 2.68. The van der Waals surface area contributed by atoms with Crippen molar-refractivity contribution in [1.82, 2.24) is 14.7 Å². The fourth-order valence-corrected chi connectivity index (χ4v) is 7.05. The van der Waals surface area contributed by atoms with E-state index in [1.54, 1.807) is 0 Å². The molecule has 164 valence electrons. The van der Waals surface area contributed by atoms with Gasteiger partial charge in [-0.05, 0) is 38.8 Å². The Kier molecular flexibility index (Phi) is 4.72. The summed E-state index contributed by atoms with van der Waals surface area (Å²) >= 11 is 0. The molecule has 2 unspecified atom stereocenters. The van der Waals surface area contributed by atoms with Crippen LogP contribution in [0.5, 0.6) is 0 Å². The highest BCUT2D eigenvalue weighted by atomic mass is 16.5. The van der Waals surface area contributed by atoms with Crippen molar-refractivity contribution in [2.45, 2.75) is 81.6 Å². The molecule has 6 heteroatoms. The van der Waals surface area contributed by atoms with Crippen LogP contribution in [0.15, 0.2) is 12.2 Å². The zero-order chi connectivity index (χ0) is 20.3. The first-order valence-corrected chi connectivity index (χ1v) is 12.4. The molecule has 5 aliphatic heterocycles. The predicted octanol–water partition coefficient (Wildman–Crippen LogP) is 2.19. The number of carbonyl (C=O) groups is 2. The lowest BCUT2D eigenvalue weighted by molar-refractivity contribution is -0.149. The van der Waals surface area contributed by atoms with Gasteiger partial charge in [0.05, 0.1) is 24.5 Å². The number of nitrogens with zero attached hydrogens (tertiary/aromatic N) is 3. The Morgan fingerprint density at radius 1 is 0.967 bits per heavy atom. The van der Waals surface area contributed by atoms with E-state index in [1.807, 2.05) is 4.90 Å². The van der Waals surface area contributed by atoms with E-state index in [-0.39, 0.29) is 29.8 Å². The summed E-state index contributed by atoms with van der Waals surface area (Å²) in [5.74, 6) is -0.293. The molecule has 1 aliphatic carbocycles. The van der Waals surface area contributed by atoms with Gasteiger partial charge in [-0.2, -0.15) is 0 Å². The monoisotopic (exact) mass is 413 g/mol. The van der Waals surface area contributed by atoms with Gasteiger partial charge in [0.25, 0.3) is 0 Å². The van der Waals surface area contributed by atoms with Crippen molar-refractivity contribution < 1.29 is 14.3 Å². The Balaban J connectivity index is 1.16. The van der Waals surface area contributed by atoms with Crippen molar-refractivity contribution in [2.75, 3.05) is 32.7 Å². The molecule has 0 aromatic carbocycles. The highest BCUT2D eigenvalue weighted by molar-refractivity contribution is 5.93. The first kappa shape index (κ1) is 19.3. The number of amides is 2. The lowest BCUT2D eigenvalue weighted by Crippen LogP contribution is -2.63. The fraction of sp³-hybridized carbons (Fsp3) is 0.833. The number of likely N-dealkylation sites (tertiary alicyclic amines) is 3. The van der Waals surface area contributed by atoms with Crippen LogP contribution < -0.4 is 0 Å². The summed E-state index contributed by atoms with van der Waals surface area (Å²) in [6.45, 7) is 4.64. The van der Waals surface area contributed by atoms with E-state index in [0.717, 1.165) is 25.9 Å². The van der Waals surface area contributed by atoms with Crippen LogP contribution in [0.3, 0.4) is 0 Å². The Morgan fingerprint density at radius 2 is 1.67 bits per heavy atom. The number of carbonyl (C=O) groups excluding carboxylic acids is 2. The first-order valence-electron chi connectivity index (χ1n) is 12.4. The average Bonchev–Trinajstić information content (AvgIpc) is 3.27. The Bertz CT molecular complexity index is 734. The molecule has 0 aromatic rings. The van der Waals surface area contributed by atoms with Crippen molar-refractivity contribution in [3.63, 3.8) is 0 Å². The third-order valence-corrected chi connectivity index (χ3v) is 8.76. The lowest BCUT2D eigenvalue weighted by atomic mass is 9.76. The number of hydrogen-bond acceptors (Lipinski definition) is 4. The molecule has 4 saturated heterocycles. The molecule has 2 amide bonds. The minimum Gasteiger partial charge on any atom is -0.360 e. The van der Waals surface area contributed by atoms with E-state index in [9.17, 15) is 9.59 Å². The molecule has 0 radical (unpaired) electrons. The van der Waals surface area contributed by atoms with Gasteiger partial charge in [-0.1, -0.05) is 44.3 Å². The second-order valence-corrected chi connectivity index (χ2v) is 10.5. The molecule has 5 heterocycles. The molecule has 6 aliphatic rings. The van der Waals surface area contributed by atoms with Gasteiger partial charge in [0.1, 0.15) is 5.60 Å². The van der Waals surface area contributed by atoms with E-state index in [1.165, 1.54) is 58.0 Å². The minimum absolute atomic E-state index is 0.153. The van der Waals surface area contributed by atoms with Crippen molar-refractivity contribution in [1.29, 1.82) is 0 Å². The molecule has 6 rings (SSSR count). The van der Waals surface area contributed by atoms with Crippen LogP contribution in [0.4, 0.5) is 0 Å². The van der Waals surface area contributed by atoms with Gasteiger partial charge in [-0.15, -0.1) is 0 Å². The maximum atomic E-state index is 13.6. The Labute approximate surface area is 179 Å². The molecule has 4 atom stereocenters. The topological polar surface area (TPSA) is 53.1 Å². The summed E-state index contributed by atoms with van der Waals surface area (Å²) in [6.07, 6.45) is 15.0. The SMILES string of the molecule is O=C(C1C2C(=O)N(C3CCCCCC3)C[C@@]23C=C[C@@H]1O3)N1CC(N2CCCCC2)C1.